The molecule has 0 spiro atoms. The Morgan fingerprint density at radius 2 is 2.17 bits per heavy atom. The molecule has 0 aromatic rings. The minimum Gasteiger partial charge on any atom is -0.381 e. The van der Waals surface area contributed by atoms with Crippen LogP contribution in [0.15, 0.2) is 0 Å². The normalized spacial score (nSPS) is 34.2. The maximum Gasteiger partial charge on any atom is 0.279 e. The summed E-state index contributed by atoms with van der Waals surface area (Å²) >= 11 is 0. The number of hydrogen-bond acceptors (Lipinski definition) is 4. The molecule has 1 saturated heterocycles. The van der Waals surface area contributed by atoms with E-state index in [-0.39, 0.29) is 12.1 Å². The van der Waals surface area contributed by atoms with Crippen molar-refractivity contribution in [1.82, 2.24) is 9.03 Å². The third kappa shape index (κ3) is 3.21. The fourth-order valence-corrected chi connectivity index (χ4v) is 4.12. The Morgan fingerprint density at radius 3 is 2.78 bits per heavy atom. The second-order valence-electron chi connectivity index (χ2n) is 5.25. The van der Waals surface area contributed by atoms with Crippen LogP contribution in [-0.2, 0) is 14.9 Å². The molecule has 1 unspecified atom stereocenters. The first kappa shape index (κ1) is 14.2. The van der Waals surface area contributed by atoms with Crippen molar-refractivity contribution >= 4 is 10.2 Å². The van der Waals surface area contributed by atoms with Crippen LogP contribution in [0.5, 0.6) is 0 Å². The minimum absolute atomic E-state index is 0.0261. The molecule has 0 radical (unpaired) electrons. The highest BCUT2D eigenvalue weighted by Crippen LogP contribution is 2.25. The first-order chi connectivity index (χ1) is 8.55. The van der Waals surface area contributed by atoms with Crippen molar-refractivity contribution < 1.29 is 13.2 Å². The third-order valence-corrected chi connectivity index (χ3v) is 5.54. The lowest BCUT2D eigenvalue weighted by molar-refractivity contribution is 0.0231. The van der Waals surface area contributed by atoms with Gasteiger partial charge in [-0.15, -0.1) is 0 Å². The SMILES string of the molecule is COC1CC(NS(=O)(=O)N2CCCC(CN)C2)C1. The molecule has 2 fully saturated rings. The van der Waals surface area contributed by atoms with Gasteiger partial charge in [-0.2, -0.15) is 17.4 Å². The Hall–Kier alpha value is -0.210. The fourth-order valence-electron chi connectivity index (χ4n) is 2.58. The first-order valence-corrected chi connectivity index (χ1v) is 7.99. The van der Waals surface area contributed by atoms with E-state index in [1.54, 1.807) is 7.11 Å². The van der Waals surface area contributed by atoms with E-state index in [2.05, 4.69) is 4.72 Å². The average Bonchev–Trinajstić information content (AvgIpc) is 2.33. The smallest absolute Gasteiger partial charge is 0.279 e. The molecule has 1 saturated carbocycles. The number of nitrogens with two attached hydrogens (primary N) is 1. The van der Waals surface area contributed by atoms with Crippen molar-refractivity contribution in [2.24, 2.45) is 11.7 Å². The molecule has 0 amide bonds. The summed E-state index contributed by atoms with van der Waals surface area (Å²) in [5, 5.41) is 0. The van der Waals surface area contributed by atoms with Gasteiger partial charge in [0.2, 0.25) is 0 Å². The quantitative estimate of drug-likeness (QED) is 0.720. The van der Waals surface area contributed by atoms with E-state index in [0.717, 1.165) is 25.7 Å². The number of hydrogen-bond donors (Lipinski definition) is 2. The van der Waals surface area contributed by atoms with Crippen molar-refractivity contribution in [3.63, 3.8) is 0 Å². The molecule has 6 nitrogen and oxygen atoms in total. The second-order valence-corrected chi connectivity index (χ2v) is 6.95. The van der Waals surface area contributed by atoms with Crippen LogP contribution < -0.4 is 10.5 Å². The van der Waals surface area contributed by atoms with Crippen LogP contribution in [0.1, 0.15) is 25.7 Å². The highest BCUT2D eigenvalue weighted by atomic mass is 32.2. The summed E-state index contributed by atoms with van der Waals surface area (Å²) in [6.07, 6.45) is 3.66. The van der Waals surface area contributed by atoms with Crippen LogP contribution in [0, 0.1) is 5.92 Å². The number of piperidine rings is 1. The van der Waals surface area contributed by atoms with Gasteiger partial charge in [-0.1, -0.05) is 0 Å². The summed E-state index contributed by atoms with van der Waals surface area (Å²) < 4.78 is 33.8. The Labute approximate surface area is 109 Å². The molecule has 1 atom stereocenters. The van der Waals surface area contributed by atoms with Gasteiger partial charge in [0.25, 0.3) is 10.2 Å². The van der Waals surface area contributed by atoms with Crippen molar-refractivity contribution in [2.75, 3.05) is 26.7 Å². The lowest BCUT2D eigenvalue weighted by Gasteiger charge is -2.37. The predicted octanol–water partition coefficient (Wildman–Crippen LogP) is -0.331. The highest BCUT2D eigenvalue weighted by molar-refractivity contribution is 7.87. The first-order valence-electron chi connectivity index (χ1n) is 6.55. The molecular formula is C11H23N3O3S. The van der Waals surface area contributed by atoms with E-state index < -0.39 is 10.2 Å². The number of ether oxygens (including phenoxy) is 1. The fraction of sp³-hybridized carbons (Fsp3) is 1.00. The number of nitrogens with one attached hydrogen (secondary N) is 1. The zero-order valence-electron chi connectivity index (χ0n) is 10.8. The third-order valence-electron chi connectivity index (χ3n) is 3.90. The zero-order valence-corrected chi connectivity index (χ0v) is 11.7. The topological polar surface area (TPSA) is 84.7 Å². The van der Waals surface area contributed by atoms with Gasteiger partial charge in [0.15, 0.2) is 0 Å². The van der Waals surface area contributed by atoms with Gasteiger partial charge >= 0.3 is 0 Å². The predicted molar refractivity (Wildman–Crippen MR) is 69.2 cm³/mol. The summed E-state index contributed by atoms with van der Waals surface area (Å²) in [4.78, 5) is 0. The second kappa shape index (κ2) is 5.83. The van der Waals surface area contributed by atoms with Gasteiger partial charge in [0.05, 0.1) is 6.10 Å². The molecule has 1 aliphatic carbocycles. The van der Waals surface area contributed by atoms with E-state index in [0.29, 0.717) is 25.6 Å². The van der Waals surface area contributed by atoms with E-state index in [1.807, 2.05) is 0 Å². The minimum atomic E-state index is -3.35. The van der Waals surface area contributed by atoms with Gasteiger partial charge in [-0.05, 0) is 38.1 Å². The van der Waals surface area contributed by atoms with Crippen molar-refractivity contribution in [3.8, 4) is 0 Å². The lowest BCUT2D eigenvalue weighted by Crippen LogP contribution is -2.54. The lowest BCUT2D eigenvalue weighted by atomic mass is 9.90. The van der Waals surface area contributed by atoms with Crippen LogP contribution >= 0.6 is 0 Å². The van der Waals surface area contributed by atoms with E-state index >= 15 is 0 Å². The van der Waals surface area contributed by atoms with Gasteiger partial charge < -0.3 is 10.5 Å². The van der Waals surface area contributed by atoms with Crippen LogP contribution in [0.4, 0.5) is 0 Å². The van der Waals surface area contributed by atoms with Crippen molar-refractivity contribution in [3.05, 3.63) is 0 Å². The summed E-state index contributed by atoms with van der Waals surface area (Å²) in [5.74, 6) is 0.295. The monoisotopic (exact) mass is 277 g/mol. The summed E-state index contributed by atoms with van der Waals surface area (Å²) in [6.45, 7) is 1.71. The van der Waals surface area contributed by atoms with E-state index in [1.165, 1.54) is 4.31 Å². The Morgan fingerprint density at radius 1 is 1.44 bits per heavy atom. The number of rotatable bonds is 5. The summed E-state index contributed by atoms with van der Waals surface area (Å²) in [6, 6.07) is 0.0261. The molecular weight excluding hydrogens is 254 g/mol. The Bertz CT molecular complexity index is 368. The van der Waals surface area contributed by atoms with Crippen LogP contribution in [0.3, 0.4) is 0 Å². The molecule has 1 aliphatic heterocycles. The molecule has 7 heteroatoms. The van der Waals surface area contributed by atoms with Crippen molar-refractivity contribution in [1.29, 1.82) is 0 Å². The van der Waals surface area contributed by atoms with Crippen LogP contribution in [-0.4, -0.2) is 51.6 Å². The molecule has 106 valence electrons. The number of methoxy groups -OCH3 is 1. The molecule has 2 aliphatic rings. The molecule has 1 heterocycles. The number of nitrogens with zero attached hydrogens (tertiary/aromatic N) is 1. The van der Waals surface area contributed by atoms with E-state index in [9.17, 15) is 8.42 Å². The van der Waals surface area contributed by atoms with Gasteiger partial charge in [-0.3, -0.25) is 0 Å². The average molecular weight is 277 g/mol. The van der Waals surface area contributed by atoms with Crippen LogP contribution in [0.2, 0.25) is 0 Å². The molecule has 0 aromatic carbocycles. The summed E-state index contributed by atoms with van der Waals surface area (Å²) in [7, 11) is -1.69. The standard InChI is InChI=1S/C11H23N3O3S/c1-17-11-5-10(6-11)13-18(15,16)14-4-2-3-9(7-12)8-14/h9-11,13H,2-8,12H2,1H3. The summed E-state index contributed by atoms with van der Waals surface area (Å²) in [5.41, 5.74) is 5.63. The van der Waals surface area contributed by atoms with Gasteiger partial charge in [0, 0.05) is 26.2 Å². The van der Waals surface area contributed by atoms with Crippen LogP contribution in [0.25, 0.3) is 0 Å². The Kier molecular flexibility index (Phi) is 4.60. The van der Waals surface area contributed by atoms with Gasteiger partial charge in [-0.25, -0.2) is 0 Å². The zero-order chi connectivity index (χ0) is 13.2. The largest absolute Gasteiger partial charge is 0.381 e. The molecule has 2 rings (SSSR count). The molecule has 0 bridgehead atoms. The van der Waals surface area contributed by atoms with Gasteiger partial charge in [0.1, 0.15) is 0 Å². The molecule has 0 aromatic heterocycles. The maximum absolute atomic E-state index is 12.2. The molecule has 3 N–H and O–H groups in total. The maximum atomic E-state index is 12.2. The Balaban J connectivity index is 1.86. The van der Waals surface area contributed by atoms with E-state index in [4.69, 9.17) is 10.5 Å². The highest BCUT2D eigenvalue weighted by Gasteiger charge is 2.35. The molecule has 18 heavy (non-hydrogen) atoms. The van der Waals surface area contributed by atoms with Crippen molar-refractivity contribution in [2.45, 2.75) is 37.8 Å².